The zero-order chi connectivity index (χ0) is 6.85. The topological polar surface area (TPSA) is 21.6 Å². The molecule has 2 nitrogen and oxygen atoms in total. The maximum absolute atomic E-state index is 5.12. The van der Waals surface area contributed by atoms with Crippen molar-refractivity contribution < 1.29 is 4.74 Å². The van der Waals surface area contributed by atoms with E-state index in [1.165, 1.54) is 0 Å². The van der Waals surface area contributed by atoms with Gasteiger partial charge in [-0.05, 0) is 0 Å². The Labute approximate surface area is 63.5 Å². The van der Waals surface area contributed by atoms with E-state index in [9.17, 15) is 0 Å². The minimum atomic E-state index is 0.376. The molecular formula is C6H10NOSe. The molecule has 3 heteroatoms. The van der Waals surface area contributed by atoms with E-state index in [0.29, 0.717) is 16.8 Å². The van der Waals surface area contributed by atoms with Crippen LogP contribution < -0.4 is 0 Å². The van der Waals surface area contributed by atoms with E-state index >= 15 is 0 Å². The summed E-state index contributed by atoms with van der Waals surface area (Å²) in [5, 5.41) is 0. The molecule has 0 N–H and O–H groups in total. The van der Waals surface area contributed by atoms with Gasteiger partial charge in [0.15, 0.2) is 0 Å². The standard InChI is InChI=1S/C6H10NOSe/c1-4(2)5-3-8-6(9)7-5/h4-5H,3H2,1-2H3/t5-/m1/s1. The van der Waals surface area contributed by atoms with E-state index in [0.717, 1.165) is 6.61 Å². The Morgan fingerprint density at radius 1 is 1.78 bits per heavy atom. The second kappa shape index (κ2) is 2.72. The van der Waals surface area contributed by atoms with Crippen molar-refractivity contribution in [2.45, 2.75) is 19.9 Å². The molecule has 0 bridgehead atoms. The van der Waals surface area contributed by atoms with Crippen LogP contribution in [0.4, 0.5) is 0 Å². The molecule has 0 aromatic carbocycles. The summed E-state index contributed by atoms with van der Waals surface area (Å²) < 4.78 is 5.12. The fourth-order valence-electron chi connectivity index (χ4n) is 0.708. The van der Waals surface area contributed by atoms with E-state index in [1.807, 2.05) is 0 Å². The van der Waals surface area contributed by atoms with Crippen LogP contribution in [0.5, 0.6) is 0 Å². The first-order valence-corrected chi connectivity index (χ1v) is 3.93. The molecule has 0 unspecified atom stereocenters. The van der Waals surface area contributed by atoms with E-state index in [4.69, 9.17) is 4.74 Å². The summed E-state index contributed by atoms with van der Waals surface area (Å²) in [5.74, 6) is 0.593. The van der Waals surface area contributed by atoms with Crippen molar-refractivity contribution in [3.05, 3.63) is 0 Å². The third-order valence-corrected chi connectivity index (χ3v) is 1.89. The molecule has 0 amide bonds. The van der Waals surface area contributed by atoms with Crippen molar-refractivity contribution in [1.29, 1.82) is 0 Å². The number of hydrogen-bond acceptors (Lipinski definition) is 2. The Hall–Kier alpha value is -0.0105. The van der Waals surface area contributed by atoms with Gasteiger partial charge in [-0.1, -0.05) is 0 Å². The number of ether oxygens (including phenoxy) is 1. The van der Waals surface area contributed by atoms with Crippen molar-refractivity contribution in [3.8, 4) is 0 Å². The van der Waals surface area contributed by atoms with Gasteiger partial charge >= 0.3 is 63.0 Å². The molecule has 1 atom stereocenters. The maximum atomic E-state index is 5.12. The second-order valence-electron chi connectivity index (χ2n) is 2.52. The summed E-state index contributed by atoms with van der Waals surface area (Å²) in [6, 6.07) is 0.376. The first-order valence-electron chi connectivity index (χ1n) is 3.08. The molecular weight excluding hydrogens is 181 g/mol. The molecule has 0 aromatic rings. The van der Waals surface area contributed by atoms with Gasteiger partial charge in [0, 0.05) is 0 Å². The molecule has 1 rings (SSSR count). The molecule has 1 heterocycles. The van der Waals surface area contributed by atoms with Crippen molar-refractivity contribution in [2.75, 3.05) is 6.61 Å². The SMILES string of the molecule is CC(C)[C@H]1COC([Se])=N1. The molecule has 1 aliphatic heterocycles. The molecule has 1 radical (unpaired) electrons. The van der Waals surface area contributed by atoms with Crippen LogP contribution in [0.2, 0.25) is 0 Å². The van der Waals surface area contributed by atoms with Crippen LogP contribution in [-0.4, -0.2) is 33.5 Å². The fourth-order valence-corrected chi connectivity index (χ4v) is 1.13. The summed E-state index contributed by atoms with van der Waals surface area (Å²) in [6.07, 6.45) is 0. The molecule has 0 saturated heterocycles. The fraction of sp³-hybridized carbons (Fsp3) is 0.833. The predicted octanol–water partition coefficient (Wildman–Crippen LogP) is 0.566. The van der Waals surface area contributed by atoms with Gasteiger partial charge < -0.3 is 0 Å². The van der Waals surface area contributed by atoms with Gasteiger partial charge in [-0.25, -0.2) is 0 Å². The van der Waals surface area contributed by atoms with Crippen LogP contribution in [-0.2, 0) is 4.74 Å². The molecule has 1 aliphatic rings. The van der Waals surface area contributed by atoms with Crippen LogP contribution in [0.25, 0.3) is 0 Å². The van der Waals surface area contributed by atoms with E-state index in [2.05, 4.69) is 34.9 Å². The predicted molar refractivity (Wildman–Crippen MR) is 37.8 cm³/mol. The Balaban J connectivity index is 2.47. The van der Waals surface area contributed by atoms with Crippen molar-refractivity contribution in [2.24, 2.45) is 10.9 Å². The van der Waals surface area contributed by atoms with E-state index in [1.54, 1.807) is 0 Å². The summed E-state index contributed by atoms with van der Waals surface area (Å²) in [6.45, 7) is 5.05. The van der Waals surface area contributed by atoms with Crippen LogP contribution in [0.3, 0.4) is 0 Å². The molecule has 0 aliphatic carbocycles. The summed E-state index contributed by atoms with van der Waals surface area (Å²) >= 11 is 2.75. The first-order chi connectivity index (χ1) is 4.20. The van der Waals surface area contributed by atoms with Crippen LogP contribution in [0, 0.1) is 5.92 Å². The third kappa shape index (κ3) is 1.70. The van der Waals surface area contributed by atoms with Crippen LogP contribution in [0.15, 0.2) is 4.99 Å². The monoisotopic (exact) mass is 192 g/mol. The van der Waals surface area contributed by atoms with Gasteiger partial charge in [0.25, 0.3) is 0 Å². The van der Waals surface area contributed by atoms with Crippen LogP contribution in [0.1, 0.15) is 13.8 Å². The molecule has 0 fully saturated rings. The Bertz CT molecular complexity index is 133. The molecule has 9 heavy (non-hydrogen) atoms. The minimum absolute atomic E-state index is 0.376. The van der Waals surface area contributed by atoms with Gasteiger partial charge in [-0.2, -0.15) is 0 Å². The van der Waals surface area contributed by atoms with Gasteiger partial charge in [0.1, 0.15) is 0 Å². The number of nitrogens with zero attached hydrogens (tertiary/aromatic N) is 1. The summed E-state index contributed by atoms with van der Waals surface area (Å²) in [4.78, 5) is 4.94. The van der Waals surface area contributed by atoms with Crippen LogP contribution >= 0.6 is 0 Å². The Kier molecular flexibility index (Phi) is 2.14. The average molecular weight is 191 g/mol. The zero-order valence-corrected chi connectivity index (χ0v) is 7.34. The van der Waals surface area contributed by atoms with Gasteiger partial charge in [-0.15, -0.1) is 0 Å². The summed E-state index contributed by atoms with van der Waals surface area (Å²) in [7, 11) is 0. The Morgan fingerprint density at radius 3 is 2.67 bits per heavy atom. The summed E-state index contributed by atoms with van der Waals surface area (Å²) in [5.41, 5.74) is 0. The normalized spacial score (nSPS) is 26.1. The average Bonchev–Trinajstić information content (AvgIpc) is 2.14. The quantitative estimate of drug-likeness (QED) is 0.555. The Morgan fingerprint density at radius 2 is 2.44 bits per heavy atom. The molecule has 0 spiro atoms. The number of rotatable bonds is 1. The number of aliphatic imine (C=N–C) groups is 1. The van der Waals surface area contributed by atoms with E-state index in [-0.39, 0.29) is 0 Å². The van der Waals surface area contributed by atoms with E-state index < -0.39 is 0 Å². The molecule has 0 aromatic heterocycles. The van der Waals surface area contributed by atoms with Crippen molar-refractivity contribution in [3.63, 3.8) is 0 Å². The van der Waals surface area contributed by atoms with Crippen molar-refractivity contribution >= 4 is 20.8 Å². The molecule has 51 valence electrons. The van der Waals surface area contributed by atoms with Gasteiger partial charge in [0.05, 0.1) is 0 Å². The first kappa shape index (κ1) is 7.10. The number of hydrogen-bond donors (Lipinski definition) is 0. The van der Waals surface area contributed by atoms with Gasteiger partial charge in [0.2, 0.25) is 0 Å². The zero-order valence-electron chi connectivity index (χ0n) is 5.63. The van der Waals surface area contributed by atoms with Crippen molar-refractivity contribution in [1.82, 2.24) is 0 Å². The second-order valence-corrected chi connectivity index (χ2v) is 3.25. The molecule has 0 saturated carbocycles. The van der Waals surface area contributed by atoms with Gasteiger partial charge in [-0.3, -0.25) is 0 Å². The third-order valence-electron chi connectivity index (χ3n) is 1.42.